The molecule has 0 bridgehead atoms. The molecule has 0 unspecified atom stereocenters. The largest absolute Gasteiger partial charge is 0.496 e. The summed E-state index contributed by atoms with van der Waals surface area (Å²) in [6, 6.07) is 9.83. The second kappa shape index (κ2) is 10.5. The van der Waals surface area contributed by atoms with Gasteiger partial charge in [0.25, 0.3) is 5.91 Å². The zero-order valence-electron chi connectivity index (χ0n) is 15.5. The first kappa shape index (κ1) is 19.8. The summed E-state index contributed by atoms with van der Waals surface area (Å²) in [6.45, 7) is 4.00. The lowest BCUT2D eigenvalue weighted by Gasteiger charge is -2.14. The normalized spacial score (nSPS) is 11.1. The predicted octanol–water partition coefficient (Wildman–Crippen LogP) is 2.55. The summed E-state index contributed by atoms with van der Waals surface area (Å²) >= 11 is 1.44. The zero-order chi connectivity index (χ0) is 18.8. The Balaban J connectivity index is 1.69. The van der Waals surface area contributed by atoms with Gasteiger partial charge in [0.05, 0.1) is 12.0 Å². The van der Waals surface area contributed by atoms with Crippen molar-refractivity contribution in [3.8, 4) is 5.75 Å². The van der Waals surface area contributed by atoms with Crippen molar-refractivity contribution in [3.05, 3.63) is 51.7 Å². The first-order valence-electron chi connectivity index (χ1n) is 8.53. The smallest absolute Gasteiger partial charge is 0.261 e. The minimum Gasteiger partial charge on any atom is -0.496 e. The standard InChI is InChI=1S/C19H26N4O2S/c1-14-7-8-15(16(12-14)25-3)13-23-19(20-2)22-10-5-9-21-18(24)17-6-4-11-26-17/h4,6-8,11-12H,5,9-10,13H2,1-3H3,(H,21,24)(H2,20,22,23). The summed E-state index contributed by atoms with van der Waals surface area (Å²) < 4.78 is 5.42. The number of nitrogens with zero attached hydrogens (tertiary/aromatic N) is 1. The number of thiophene rings is 1. The second-order valence-electron chi connectivity index (χ2n) is 5.75. The molecule has 2 rings (SSSR count). The maximum atomic E-state index is 11.8. The first-order chi connectivity index (χ1) is 12.6. The van der Waals surface area contributed by atoms with E-state index in [2.05, 4.69) is 33.1 Å². The van der Waals surface area contributed by atoms with Crippen LogP contribution in [0.5, 0.6) is 5.75 Å². The molecule has 2 aromatic rings. The monoisotopic (exact) mass is 374 g/mol. The van der Waals surface area contributed by atoms with Crippen LogP contribution >= 0.6 is 11.3 Å². The van der Waals surface area contributed by atoms with Gasteiger partial charge in [0.2, 0.25) is 0 Å². The topological polar surface area (TPSA) is 74.8 Å². The van der Waals surface area contributed by atoms with E-state index in [9.17, 15) is 4.79 Å². The molecule has 0 spiro atoms. The van der Waals surface area contributed by atoms with Crippen molar-refractivity contribution in [1.82, 2.24) is 16.0 Å². The second-order valence-corrected chi connectivity index (χ2v) is 6.70. The van der Waals surface area contributed by atoms with Gasteiger partial charge in [-0.15, -0.1) is 11.3 Å². The van der Waals surface area contributed by atoms with Crippen LogP contribution in [0.3, 0.4) is 0 Å². The van der Waals surface area contributed by atoms with Crippen LogP contribution in [0.25, 0.3) is 0 Å². The van der Waals surface area contributed by atoms with E-state index in [4.69, 9.17) is 4.74 Å². The first-order valence-corrected chi connectivity index (χ1v) is 9.41. The van der Waals surface area contributed by atoms with Crippen molar-refractivity contribution in [3.63, 3.8) is 0 Å². The van der Waals surface area contributed by atoms with Gasteiger partial charge in [-0.25, -0.2) is 0 Å². The minimum atomic E-state index is -0.0195. The molecule has 3 N–H and O–H groups in total. The quantitative estimate of drug-likeness (QED) is 0.377. The number of carbonyl (C=O) groups excluding carboxylic acids is 1. The van der Waals surface area contributed by atoms with E-state index >= 15 is 0 Å². The minimum absolute atomic E-state index is 0.0195. The molecule has 0 aliphatic carbocycles. The third-order valence-corrected chi connectivity index (χ3v) is 4.66. The molecule has 0 radical (unpaired) electrons. The molecule has 7 heteroatoms. The number of guanidine groups is 1. The number of hydrogen-bond donors (Lipinski definition) is 3. The zero-order valence-corrected chi connectivity index (χ0v) is 16.3. The molecule has 0 saturated carbocycles. The van der Waals surface area contributed by atoms with E-state index in [0.29, 0.717) is 13.1 Å². The Kier molecular flexibility index (Phi) is 7.95. The molecule has 1 aromatic carbocycles. The maximum absolute atomic E-state index is 11.8. The van der Waals surface area contributed by atoms with Gasteiger partial charge in [-0.1, -0.05) is 18.2 Å². The van der Waals surface area contributed by atoms with Crippen molar-refractivity contribution in [1.29, 1.82) is 0 Å². The van der Waals surface area contributed by atoms with Crippen LogP contribution in [0.15, 0.2) is 40.7 Å². The number of amides is 1. The maximum Gasteiger partial charge on any atom is 0.261 e. The van der Waals surface area contributed by atoms with Crippen LogP contribution in [0, 0.1) is 6.92 Å². The Morgan fingerprint density at radius 2 is 2.00 bits per heavy atom. The van der Waals surface area contributed by atoms with Crippen LogP contribution in [0.2, 0.25) is 0 Å². The van der Waals surface area contributed by atoms with E-state index in [1.54, 1.807) is 14.2 Å². The van der Waals surface area contributed by atoms with E-state index in [-0.39, 0.29) is 5.91 Å². The Hall–Kier alpha value is -2.54. The highest BCUT2D eigenvalue weighted by atomic mass is 32.1. The number of aryl methyl sites for hydroxylation is 1. The number of methoxy groups -OCH3 is 1. The van der Waals surface area contributed by atoms with Crippen molar-refractivity contribution >= 4 is 23.2 Å². The highest BCUT2D eigenvalue weighted by Crippen LogP contribution is 2.19. The fourth-order valence-electron chi connectivity index (χ4n) is 2.39. The molecule has 1 aromatic heterocycles. The van der Waals surface area contributed by atoms with Gasteiger partial charge in [-0.3, -0.25) is 9.79 Å². The van der Waals surface area contributed by atoms with E-state index in [1.807, 2.05) is 30.5 Å². The third kappa shape index (κ3) is 6.07. The Morgan fingerprint density at radius 1 is 1.19 bits per heavy atom. The molecule has 1 amide bonds. The summed E-state index contributed by atoms with van der Waals surface area (Å²) in [4.78, 5) is 16.8. The molecule has 26 heavy (non-hydrogen) atoms. The van der Waals surface area contributed by atoms with Gasteiger partial charge in [0.15, 0.2) is 5.96 Å². The van der Waals surface area contributed by atoms with E-state index in [1.165, 1.54) is 11.3 Å². The summed E-state index contributed by atoms with van der Waals surface area (Å²) in [6.07, 6.45) is 0.811. The highest BCUT2D eigenvalue weighted by molar-refractivity contribution is 7.12. The highest BCUT2D eigenvalue weighted by Gasteiger charge is 2.06. The van der Waals surface area contributed by atoms with Crippen LogP contribution in [0.4, 0.5) is 0 Å². The van der Waals surface area contributed by atoms with Gasteiger partial charge in [0.1, 0.15) is 5.75 Å². The Labute approximate surface area is 158 Å². The average Bonchev–Trinajstić information content (AvgIpc) is 3.19. The molecule has 0 aliphatic rings. The Morgan fingerprint density at radius 3 is 2.69 bits per heavy atom. The molecule has 1 heterocycles. The number of ether oxygens (including phenoxy) is 1. The number of nitrogens with one attached hydrogen (secondary N) is 3. The van der Waals surface area contributed by atoms with Crippen molar-refractivity contribution in [2.24, 2.45) is 4.99 Å². The molecule has 0 atom stereocenters. The van der Waals surface area contributed by atoms with Crippen LogP contribution in [-0.4, -0.2) is 39.1 Å². The molecule has 6 nitrogen and oxygen atoms in total. The van der Waals surface area contributed by atoms with Crippen LogP contribution in [-0.2, 0) is 6.54 Å². The molecule has 0 aliphatic heterocycles. The lowest BCUT2D eigenvalue weighted by Crippen LogP contribution is -2.38. The third-order valence-electron chi connectivity index (χ3n) is 3.79. The molecule has 0 saturated heterocycles. The summed E-state index contributed by atoms with van der Waals surface area (Å²) in [5.41, 5.74) is 2.24. The summed E-state index contributed by atoms with van der Waals surface area (Å²) in [5.74, 6) is 1.57. The van der Waals surface area contributed by atoms with Gasteiger partial charge < -0.3 is 20.7 Å². The molecule has 140 valence electrons. The molecular weight excluding hydrogens is 348 g/mol. The summed E-state index contributed by atoms with van der Waals surface area (Å²) in [5, 5.41) is 11.3. The van der Waals surface area contributed by atoms with Gasteiger partial charge in [-0.05, 0) is 36.4 Å². The van der Waals surface area contributed by atoms with E-state index in [0.717, 1.165) is 40.7 Å². The number of carbonyl (C=O) groups is 1. The fourth-order valence-corrected chi connectivity index (χ4v) is 3.03. The van der Waals surface area contributed by atoms with Crippen molar-refractivity contribution in [2.45, 2.75) is 19.9 Å². The SMILES string of the molecule is CN=C(NCCCNC(=O)c1cccs1)NCc1ccc(C)cc1OC. The number of rotatable bonds is 8. The van der Waals surface area contributed by atoms with E-state index < -0.39 is 0 Å². The average molecular weight is 375 g/mol. The van der Waals surface area contributed by atoms with Gasteiger partial charge in [0, 0.05) is 32.2 Å². The van der Waals surface area contributed by atoms with Crippen molar-refractivity contribution < 1.29 is 9.53 Å². The summed E-state index contributed by atoms with van der Waals surface area (Å²) in [7, 11) is 3.41. The number of benzene rings is 1. The Bertz CT molecular complexity index is 729. The number of aliphatic imine (C=N–C) groups is 1. The van der Waals surface area contributed by atoms with Crippen LogP contribution in [0.1, 0.15) is 27.2 Å². The lowest BCUT2D eigenvalue weighted by atomic mass is 10.1. The van der Waals surface area contributed by atoms with Gasteiger partial charge in [-0.2, -0.15) is 0 Å². The molecular formula is C19H26N4O2S. The number of hydrogen-bond acceptors (Lipinski definition) is 4. The van der Waals surface area contributed by atoms with Crippen molar-refractivity contribution in [2.75, 3.05) is 27.2 Å². The fraction of sp³-hybridized carbons (Fsp3) is 0.368. The predicted molar refractivity (Wildman–Crippen MR) is 107 cm³/mol. The van der Waals surface area contributed by atoms with Crippen LogP contribution < -0.4 is 20.7 Å². The molecule has 0 fully saturated rings. The lowest BCUT2D eigenvalue weighted by molar-refractivity contribution is 0.0957. The van der Waals surface area contributed by atoms with Gasteiger partial charge >= 0.3 is 0 Å².